The molecule has 2 heterocycles. The molecule has 0 spiro atoms. The van der Waals surface area contributed by atoms with Crippen molar-refractivity contribution >= 4 is 6.09 Å². The first-order valence-electron chi connectivity index (χ1n) is 8.64. The highest BCUT2D eigenvalue weighted by molar-refractivity contribution is 5.69. The minimum absolute atomic E-state index is 0.121. The highest BCUT2D eigenvalue weighted by atomic mass is 19.1. The zero-order valence-corrected chi connectivity index (χ0v) is 14.8. The van der Waals surface area contributed by atoms with Crippen LogP contribution in [0.4, 0.5) is 9.18 Å². The lowest BCUT2D eigenvalue weighted by molar-refractivity contribution is 0.0268. The SMILES string of the molecule is CCC(NC1[C@H]2CN(C(=O)OC(C)(C)C)C[C@@H]12)c1ccc(F)cn1. The first kappa shape index (κ1) is 17.1. The van der Waals surface area contributed by atoms with Crippen molar-refractivity contribution < 1.29 is 13.9 Å². The molecule has 0 radical (unpaired) electrons. The van der Waals surface area contributed by atoms with Crippen molar-refractivity contribution in [2.75, 3.05) is 13.1 Å². The van der Waals surface area contributed by atoms with E-state index in [9.17, 15) is 9.18 Å². The normalized spacial score (nSPS) is 26.9. The number of ether oxygens (including phenoxy) is 1. The smallest absolute Gasteiger partial charge is 0.410 e. The second kappa shape index (κ2) is 6.31. The zero-order chi connectivity index (χ0) is 17.5. The van der Waals surface area contributed by atoms with Crippen molar-refractivity contribution in [1.82, 2.24) is 15.2 Å². The molecule has 24 heavy (non-hydrogen) atoms. The predicted octanol–water partition coefficient (Wildman–Crippen LogP) is 3.13. The van der Waals surface area contributed by atoms with E-state index in [2.05, 4.69) is 17.2 Å². The number of piperidine rings is 1. The number of pyridine rings is 1. The van der Waals surface area contributed by atoms with E-state index in [4.69, 9.17) is 4.74 Å². The summed E-state index contributed by atoms with van der Waals surface area (Å²) in [5.74, 6) is 0.643. The quantitative estimate of drug-likeness (QED) is 0.918. The van der Waals surface area contributed by atoms with Gasteiger partial charge in [-0.1, -0.05) is 6.92 Å². The van der Waals surface area contributed by atoms with Gasteiger partial charge in [0.1, 0.15) is 11.4 Å². The highest BCUT2D eigenvalue weighted by Crippen LogP contribution is 2.47. The Balaban J connectivity index is 1.52. The highest BCUT2D eigenvalue weighted by Gasteiger charge is 2.57. The fourth-order valence-electron chi connectivity index (χ4n) is 3.49. The predicted molar refractivity (Wildman–Crippen MR) is 88.9 cm³/mol. The number of carbonyl (C=O) groups is 1. The Morgan fingerprint density at radius 1 is 1.42 bits per heavy atom. The molecule has 1 aromatic heterocycles. The van der Waals surface area contributed by atoms with E-state index < -0.39 is 5.60 Å². The van der Waals surface area contributed by atoms with Crippen molar-refractivity contribution in [3.05, 3.63) is 29.8 Å². The molecule has 1 saturated heterocycles. The molecule has 0 aromatic carbocycles. The summed E-state index contributed by atoms with van der Waals surface area (Å²) in [6, 6.07) is 3.71. The molecule has 6 heteroatoms. The Labute approximate surface area is 142 Å². The van der Waals surface area contributed by atoms with Crippen LogP contribution in [0.1, 0.15) is 45.9 Å². The topological polar surface area (TPSA) is 54.5 Å². The minimum atomic E-state index is -0.455. The number of nitrogens with one attached hydrogen (secondary N) is 1. The molecule has 1 aliphatic heterocycles. The molecular weight excluding hydrogens is 309 g/mol. The molecular formula is C18H26FN3O2. The molecule has 3 rings (SSSR count). The Morgan fingerprint density at radius 3 is 2.58 bits per heavy atom. The fraction of sp³-hybridized carbons (Fsp3) is 0.667. The van der Waals surface area contributed by atoms with Gasteiger partial charge in [-0.15, -0.1) is 0 Å². The Morgan fingerprint density at radius 2 is 2.08 bits per heavy atom. The average molecular weight is 335 g/mol. The maximum Gasteiger partial charge on any atom is 0.410 e. The summed E-state index contributed by atoms with van der Waals surface area (Å²) in [5, 5.41) is 3.62. The van der Waals surface area contributed by atoms with Crippen molar-refractivity contribution in [2.24, 2.45) is 11.8 Å². The number of carbonyl (C=O) groups excluding carboxylic acids is 1. The molecule has 5 nitrogen and oxygen atoms in total. The summed E-state index contributed by atoms with van der Waals surface area (Å²) in [6.07, 6.45) is 1.93. The number of rotatable bonds is 4. The van der Waals surface area contributed by atoms with Gasteiger partial charge in [-0.25, -0.2) is 9.18 Å². The van der Waals surface area contributed by atoms with Crippen molar-refractivity contribution in [3.63, 3.8) is 0 Å². The van der Waals surface area contributed by atoms with Crippen LogP contribution < -0.4 is 5.32 Å². The second-order valence-electron chi connectivity index (χ2n) is 7.77. The first-order chi connectivity index (χ1) is 11.3. The van der Waals surface area contributed by atoms with Crippen molar-refractivity contribution in [1.29, 1.82) is 0 Å². The molecule has 1 aromatic rings. The lowest BCUT2D eigenvalue weighted by Crippen LogP contribution is -2.39. The summed E-state index contributed by atoms with van der Waals surface area (Å²) < 4.78 is 18.5. The number of fused-ring (bicyclic) bond motifs is 1. The number of hydrogen-bond donors (Lipinski definition) is 1. The van der Waals surface area contributed by atoms with Crippen LogP contribution in [0.15, 0.2) is 18.3 Å². The number of nitrogens with zero attached hydrogens (tertiary/aromatic N) is 2. The van der Waals surface area contributed by atoms with Crippen LogP contribution in [-0.2, 0) is 4.74 Å². The van der Waals surface area contributed by atoms with Gasteiger partial charge in [0.05, 0.1) is 11.9 Å². The molecule has 1 amide bonds. The molecule has 2 fully saturated rings. The summed E-state index contributed by atoms with van der Waals surface area (Å²) in [5.41, 5.74) is 0.413. The van der Waals surface area contributed by atoms with Crippen molar-refractivity contribution in [2.45, 2.75) is 51.8 Å². The number of likely N-dealkylation sites (tertiary alicyclic amines) is 1. The van der Waals surface area contributed by atoms with Crippen LogP contribution in [0.2, 0.25) is 0 Å². The minimum Gasteiger partial charge on any atom is -0.444 e. The third-order valence-corrected chi connectivity index (χ3v) is 4.75. The van der Waals surface area contributed by atoms with E-state index in [0.29, 0.717) is 17.9 Å². The van der Waals surface area contributed by atoms with Gasteiger partial charge in [-0.05, 0) is 51.2 Å². The maximum atomic E-state index is 13.0. The molecule has 1 saturated carbocycles. The van der Waals surface area contributed by atoms with Gasteiger partial charge in [0.15, 0.2) is 0 Å². The monoisotopic (exact) mass is 335 g/mol. The second-order valence-corrected chi connectivity index (χ2v) is 7.77. The number of aromatic nitrogens is 1. The van der Waals surface area contributed by atoms with Crippen LogP contribution in [-0.4, -0.2) is 40.7 Å². The van der Waals surface area contributed by atoms with Gasteiger partial charge in [-0.3, -0.25) is 4.98 Å². The van der Waals surface area contributed by atoms with Gasteiger partial charge in [0, 0.05) is 25.2 Å². The van der Waals surface area contributed by atoms with Crippen LogP contribution in [0.3, 0.4) is 0 Å². The summed E-state index contributed by atoms with van der Waals surface area (Å²) in [4.78, 5) is 18.1. The van der Waals surface area contributed by atoms with Gasteiger partial charge in [-0.2, -0.15) is 0 Å². The van der Waals surface area contributed by atoms with Gasteiger partial charge in [0.25, 0.3) is 0 Å². The molecule has 0 bridgehead atoms. The van der Waals surface area contributed by atoms with Crippen LogP contribution >= 0.6 is 0 Å². The summed E-state index contributed by atoms with van der Waals surface area (Å²) >= 11 is 0. The number of hydrogen-bond acceptors (Lipinski definition) is 4. The van der Waals surface area contributed by atoms with E-state index in [-0.39, 0.29) is 18.0 Å². The lowest BCUT2D eigenvalue weighted by Gasteiger charge is -2.26. The van der Waals surface area contributed by atoms with E-state index in [1.54, 1.807) is 11.0 Å². The van der Waals surface area contributed by atoms with Gasteiger partial charge >= 0.3 is 6.09 Å². The van der Waals surface area contributed by atoms with E-state index >= 15 is 0 Å². The molecule has 4 atom stereocenters. The molecule has 1 aliphatic carbocycles. The van der Waals surface area contributed by atoms with Gasteiger partial charge in [0.2, 0.25) is 0 Å². The third kappa shape index (κ3) is 3.69. The fourth-order valence-corrected chi connectivity index (χ4v) is 3.49. The van der Waals surface area contributed by atoms with E-state index in [1.807, 2.05) is 20.8 Å². The molecule has 2 aliphatic rings. The largest absolute Gasteiger partial charge is 0.444 e. The Hall–Kier alpha value is -1.69. The summed E-state index contributed by atoms with van der Waals surface area (Å²) in [6.45, 7) is 9.22. The zero-order valence-electron chi connectivity index (χ0n) is 14.8. The van der Waals surface area contributed by atoms with E-state index in [1.165, 1.54) is 12.3 Å². The Kier molecular flexibility index (Phi) is 4.51. The Bertz CT molecular complexity index is 587. The van der Waals surface area contributed by atoms with Crippen molar-refractivity contribution in [3.8, 4) is 0 Å². The average Bonchev–Trinajstić information content (AvgIpc) is 2.93. The number of halogens is 1. The standard InChI is InChI=1S/C18H26FN3O2/c1-5-14(15-7-6-11(19)8-20-15)21-16-12-9-22(10-13(12)16)17(23)24-18(2,3)4/h6-8,12-14,16,21H,5,9-10H2,1-4H3/t12-,13+,14?,16?. The van der Waals surface area contributed by atoms with Crippen LogP contribution in [0.5, 0.6) is 0 Å². The van der Waals surface area contributed by atoms with Crippen LogP contribution in [0, 0.1) is 17.7 Å². The first-order valence-corrected chi connectivity index (χ1v) is 8.64. The molecule has 1 N–H and O–H groups in total. The maximum absolute atomic E-state index is 13.0. The summed E-state index contributed by atoms with van der Waals surface area (Å²) in [7, 11) is 0. The van der Waals surface area contributed by atoms with Gasteiger partial charge < -0.3 is 15.0 Å². The molecule has 2 unspecified atom stereocenters. The van der Waals surface area contributed by atoms with E-state index in [0.717, 1.165) is 25.2 Å². The molecule has 132 valence electrons. The van der Waals surface area contributed by atoms with Crippen LogP contribution in [0.25, 0.3) is 0 Å². The number of amides is 1. The third-order valence-electron chi connectivity index (χ3n) is 4.75. The lowest BCUT2D eigenvalue weighted by atomic mass is 10.1.